The van der Waals surface area contributed by atoms with Gasteiger partial charge in [-0.25, -0.2) is 8.42 Å². The zero-order valence-corrected chi connectivity index (χ0v) is 12.5. The molecule has 0 radical (unpaired) electrons. The first-order valence-electron chi connectivity index (χ1n) is 6.39. The van der Waals surface area contributed by atoms with E-state index in [-0.39, 0.29) is 23.5 Å². The number of hydrogen-bond acceptors (Lipinski definition) is 3. The van der Waals surface area contributed by atoms with E-state index in [0.29, 0.717) is 17.9 Å². The van der Waals surface area contributed by atoms with Crippen LogP contribution >= 0.6 is 11.6 Å². The largest absolute Gasteiger partial charge is 0.350 e. The second-order valence-electron chi connectivity index (χ2n) is 4.82. The molecule has 0 saturated carbocycles. The lowest BCUT2D eigenvalue weighted by molar-refractivity contribution is -0.117. The fourth-order valence-electron chi connectivity index (χ4n) is 2.03. The molecule has 1 fully saturated rings. The number of amides is 1. The minimum absolute atomic E-state index is 0.0547. The van der Waals surface area contributed by atoms with Gasteiger partial charge in [0.05, 0.1) is 11.5 Å². The third-order valence-electron chi connectivity index (χ3n) is 3.20. The van der Waals surface area contributed by atoms with Crippen molar-refractivity contribution in [2.45, 2.75) is 18.9 Å². The van der Waals surface area contributed by atoms with E-state index in [2.05, 4.69) is 5.32 Å². The normalized spacial score (nSPS) is 19.1. The topological polar surface area (TPSA) is 63.2 Å². The molecule has 108 valence electrons. The van der Waals surface area contributed by atoms with Gasteiger partial charge in [-0.15, -0.1) is 0 Å². The van der Waals surface area contributed by atoms with Crippen LogP contribution in [0.25, 0.3) is 6.08 Å². The SMILES string of the molecule is O=C(C=Cc1ccc(Cl)cc1)NC1CCS(=O)(=O)CC1. The molecule has 1 saturated heterocycles. The van der Waals surface area contributed by atoms with Crippen LogP contribution < -0.4 is 5.32 Å². The van der Waals surface area contributed by atoms with Crippen molar-refractivity contribution in [3.8, 4) is 0 Å². The summed E-state index contributed by atoms with van der Waals surface area (Å²) >= 11 is 5.77. The number of carbonyl (C=O) groups excluding carboxylic acids is 1. The Hall–Kier alpha value is -1.33. The Labute approximate surface area is 123 Å². The molecule has 0 aromatic heterocycles. The summed E-state index contributed by atoms with van der Waals surface area (Å²) < 4.78 is 22.6. The fraction of sp³-hybridized carbons (Fsp3) is 0.357. The summed E-state index contributed by atoms with van der Waals surface area (Å²) in [6.07, 6.45) is 4.13. The maximum atomic E-state index is 11.7. The lowest BCUT2D eigenvalue weighted by atomic mass is 10.1. The number of sulfone groups is 1. The van der Waals surface area contributed by atoms with Crippen molar-refractivity contribution in [2.75, 3.05) is 11.5 Å². The molecule has 1 heterocycles. The average molecular weight is 314 g/mol. The van der Waals surface area contributed by atoms with Crippen LogP contribution in [0.15, 0.2) is 30.3 Å². The van der Waals surface area contributed by atoms with Crippen LogP contribution in [-0.4, -0.2) is 31.9 Å². The predicted molar refractivity (Wildman–Crippen MR) is 80.3 cm³/mol. The molecule has 1 amide bonds. The first-order valence-corrected chi connectivity index (χ1v) is 8.59. The Morgan fingerprint density at radius 2 is 1.80 bits per heavy atom. The first-order chi connectivity index (χ1) is 9.44. The molecule has 0 unspecified atom stereocenters. The first kappa shape index (κ1) is 15.1. The lowest BCUT2D eigenvalue weighted by Gasteiger charge is -2.22. The number of rotatable bonds is 3. The summed E-state index contributed by atoms with van der Waals surface area (Å²) in [4.78, 5) is 11.7. The van der Waals surface area contributed by atoms with E-state index in [1.54, 1.807) is 18.2 Å². The average Bonchev–Trinajstić information content (AvgIpc) is 2.41. The molecule has 1 aromatic rings. The second-order valence-corrected chi connectivity index (χ2v) is 7.56. The Morgan fingerprint density at radius 3 is 2.40 bits per heavy atom. The van der Waals surface area contributed by atoms with Gasteiger partial charge in [0.25, 0.3) is 0 Å². The summed E-state index contributed by atoms with van der Waals surface area (Å²) in [5.41, 5.74) is 0.885. The molecule has 1 N–H and O–H groups in total. The molecular weight excluding hydrogens is 298 g/mol. The Bertz CT molecular complexity index is 594. The maximum absolute atomic E-state index is 11.7. The van der Waals surface area contributed by atoms with Crippen molar-refractivity contribution in [1.29, 1.82) is 0 Å². The molecule has 1 aliphatic heterocycles. The summed E-state index contributed by atoms with van der Waals surface area (Å²) in [5.74, 6) is 0.0989. The number of hydrogen-bond donors (Lipinski definition) is 1. The van der Waals surface area contributed by atoms with Crippen molar-refractivity contribution in [3.63, 3.8) is 0 Å². The van der Waals surface area contributed by atoms with E-state index in [4.69, 9.17) is 11.6 Å². The van der Waals surface area contributed by atoms with E-state index in [1.165, 1.54) is 6.08 Å². The molecule has 2 rings (SSSR count). The van der Waals surface area contributed by atoms with Gasteiger partial charge in [0.1, 0.15) is 9.84 Å². The minimum atomic E-state index is -2.89. The zero-order chi connectivity index (χ0) is 14.6. The van der Waals surface area contributed by atoms with E-state index in [1.807, 2.05) is 12.1 Å². The summed E-state index contributed by atoms with van der Waals surface area (Å²) in [6, 6.07) is 7.09. The smallest absolute Gasteiger partial charge is 0.244 e. The van der Waals surface area contributed by atoms with Crippen molar-refractivity contribution in [1.82, 2.24) is 5.32 Å². The highest BCUT2D eigenvalue weighted by Gasteiger charge is 2.23. The zero-order valence-electron chi connectivity index (χ0n) is 10.9. The predicted octanol–water partition coefficient (Wildman–Crippen LogP) is 2.05. The van der Waals surface area contributed by atoms with E-state index < -0.39 is 9.84 Å². The third kappa shape index (κ3) is 4.65. The maximum Gasteiger partial charge on any atom is 0.244 e. The highest BCUT2D eigenvalue weighted by molar-refractivity contribution is 7.91. The molecule has 1 aliphatic rings. The molecule has 6 heteroatoms. The van der Waals surface area contributed by atoms with E-state index >= 15 is 0 Å². The van der Waals surface area contributed by atoms with Crippen LogP contribution in [0, 0.1) is 0 Å². The van der Waals surface area contributed by atoms with Gasteiger partial charge in [-0.2, -0.15) is 0 Å². The van der Waals surface area contributed by atoms with Gasteiger partial charge in [0.15, 0.2) is 0 Å². The van der Waals surface area contributed by atoms with Crippen molar-refractivity contribution < 1.29 is 13.2 Å². The Balaban J connectivity index is 1.85. The van der Waals surface area contributed by atoms with Crippen molar-refractivity contribution in [3.05, 3.63) is 40.9 Å². The van der Waals surface area contributed by atoms with Crippen LogP contribution in [0.5, 0.6) is 0 Å². The van der Waals surface area contributed by atoms with Gasteiger partial charge in [-0.3, -0.25) is 4.79 Å². The lowest BCUT2D eigenvalue weighted by Crippen LogP contribution is -2.40. The molecule has 0 atom stereocenters. The number of carbonyl (C=O) groups is 1. The van der Waals surface area contributed by atoms with E-state index in [9.17, 15) is 13.2 Å². The number of nitrogens with one attached hydrogen (secondary N) is 1. The molecule has 0 spiro atoms. The second kappa shape index (κ2) is 6.41. The van der Waals surface area contributed by atoms with Gasteiger partial charge < -0.3 is 5.32 Å². The number of halogens is 1. The van der Waals surface area contributed by atoms with Crippen molar-refractivity contribution in [2.24, 2.45) is 0 Å². The number of benzene rings is 1. The Kier molecular flexibility index (Phi) is 4.83. The van der Waals surface area contributed by atoms with Crippen LogP contribution in [0.3, 0.4) is 0 Å². The van der Waals surface area contributed by atoms with Crippen molar-refractivity contribution >= 4 is 33.4 Å². The molecule has 0 bridgehead atoms. The molecule has 4 nitrogen and oxygen atoms in total. The fourth-order valence-corrected chi connectivity index (χ4v) is 3.65. The standard InChI is InChI=1S/C14H16ClNO3S/c15-12-4-1-11(2-5-12)3-6-14(17)16-13-7-9-20(18,19)10-8-13/h1-6,13H,7-10H2,(H,16,17). The van der Waals surface area contributed by atoms with Crippen LogP contribution in [0.2, 0.25) is 5.02 Å². The van der Waals surface area contributed by atoms with Gasteiger partial charge >= 0.3 is 0 Å². The summed E-state index contributed by atoms with van der Waals surface area (Å²) in [7, 11) is -2.89. The molecular formula is C14H16ClNO3S. The van der Waals surface area contributed by atoms with E-state index in [0.717, 1.165) is 5.56 Å². The van der Waals surface area contributed by atoms with Gasteiger partial charge in [0.2, 0.25) is 5.91 Å². The minimum Gasteiger partial charge on any atom is -0.350 e. The monoisotopic (exact) mass is 313 g/mol. The van der Waals surface area contributed by atoms with Crippen LogP contribution in [0.1, 0.15) is 18.4 Å². The van der Waals surface area contributed by atoms with Gasteiger partial charge in [-0.05, 0) is 36.6 Å². The van der Waals surface area contributed by atoms with Gasteiger partial charge in [0, 0.05) is 17.1 Å². The third-order valence-corrected chi connectivity index (χ3v) is 5.17. The summed E-state index contributed by atoms with van der Waals surface area (Å²) in [6.45, 7) is 0. The van der Waals surface area contributed by atoms with Crippen LogP contribution in [-0.2, 0) is 14.6 Å². The molecule has 0 aliphatic carbocycles. The summed E-state index contributed by atoms with van der Waals surface area (Å²) in [5, 5.41) is 3.47. The Morgan fingerprint density at radius 1 is 1.20 bits per heavy atom. The van der Waals surface area contributed by atoms with Gasteiger partial charge in [-0.1, -0.05) is 23.7 Å². The van der Waals surface area contributed by atoms with Crippen LogP contribution in [0.4, 0.5) is 0 Å². The quantitative estimate of drug-likeness (QED) is 0.869. The molecule has 20 heavy (non-hydrogen) atoms. The molecule has 1 aromatic carbocycles. The highest BCUT2D eigenvalue weighted by Crippen LogP contribution is 2.13. The highest BCUT2D eigenvalue weighted by atomic mass is 35.5.